The fourth-order valence-electron chi connectivity index (χ4n) is 1.84. The van der Waals surface area contributed by atoms with Gasteiger partial charge in [0.2, 0.25) is 9.84 Å². The molecule has 0 fully saturated rings. The summed E-state index contributed by atoms with van der Waals surface area (Å²) in [6, 6.07) is 8.35. The van der Waals surface area contributed by atoms with Crippen LogP contribution in [0, 0.1) is 0 Å². The van der Waals surface area contributed by atoms with Gasteiger partial charge in [-0.1, -0.05) is 24.8 Å². The predicted molar refractivity (Wildman–Crippen MR) is 77.7 cm³/mol. The van der Waals surface area contributed by atoms with Crippen LogP contribution in [-0.4, -0.2) is 20.1 Å². The van der Waals surface area contributed by atoms with Gasteiger partial charge < -0.3 is 4.74 Å². The molecular formula is C15H22O3S. The maximum atomic E-state index is 12.3. The highest BCUT2D eigenvalue weighted by atomic mass is 32.2. The predicted octanol–water partition coefficient (Wildman–Crippen LogP) is 3.57. The highest BCUT2D eigenvalue weighted by molar-refractivity contribution is 7.95. The van der Waals surface area contributed by atoms with Crippen molar-refractivity contribution in [3.05, 3.63) is 41.8 Å². The Morgan fingerprint density at radius 2 is 1.79 bits per heavy atom. The van der Waals surface area contributed by atoms with Gasteiger partial charge in [-0.15, -0.1) is 0 Å². The van der Waals surface area contributed by atoms with E-state index < -0.39 is 9.84 Å². The van der Waals surface area contributed by atoms with Gasteiger partial charge in [0, 0.05) is 11.3 Å². The first-order chi connectivity index (χ1) is 8.63. The van der Waals surface area contributed by atoms with Crippen LogP contribution in [0.2, 0.25) is 0 Å². The molecule has 1 rings (SSSR count). The molecule has 106 valence electrons. The lowest BCUT2D eigenvalue weighted by molar-refractivity contribution is -0.0497. The number of hydrogen-bond acceptors (Lipinski definition) is 3. The van der Waals surface area contributed by atoms with Crippen molar-refractivity contribution in [1.29, 1.82) is 0 Å². The Morgan fingerprint density at radius 3 is 2.26 bits per heavy atom. The van der Waals surface area contributed by atoms with E-state index in [1.54, 1.807) is 30.3 Å². The van der Waals surface area contributed by atoms with Crippen LogP contribution < -0.4 is 0 Å². The molecule has 19 heavy (non-hydrogen) atoms. The van der Waals surface area contributed by atoms with E-state index in [-0.39, 0.29) is 21.5 Å². The SMILES string of the molecule is C=C(CC(C)OC(C)(C)C)S(=O)(=O)c1ccccc1. The van der Waals surface area contributed by atoms with Crippen molar-refractivity contribution in [3.8, 4) is 0 Å². The zero-order valence-electron chi connectivity index (χ0n) is 12.0. The van der Waals surface area contributed by atoms with E-state index in [0.717, 1.165) is 0 Å². The molecule has 0 saturated carbocycles. The van der Waals surface area contributed by atoms with Crippen LogP contribution in [0.15, 0.2) is 46.7 Å². The molecule has 0 N–H and O–H groups in total. The van der Waals surface area contributed by atoms with Crippen molar-refractivity contribution in [3.63, 3.8) is 0 Å². The van der Waals surface area contributed by atoms with Gasteiger partial charge in [-0.25, -0.2) is 8.42 Å². The van der Waals surface area contributed by atoms with E-state index in [0.29, 0.717) is 6.42 Å². The molecule has 4 heteroatoms. The van der Waals surface area contributed by atoms with Crippen molar-refractivity contribution in [1.82, 2.24) is 0 Å². The summed E-state index contributed by atoms with van der Waals surface area (Å²) < 4.78 is 30.3. The van der Waals surface area contributed by atoms with Crippen molar-refractivity contribution in [2.24, 2.45) is 0 Å². The molecule has 0 spiro atoms. The average Bonchev–Trinajstić information content (AvgIpc) is 2.27. The molecule has 0 radical (unpaired) electrons. The third-order valence-electron chi connectivity index (χ3n) is 2.50. The van der Waals surface area contributed by atoms with E-state index in [1.165, 1.54) is 0 Å². The van der Waals surface area contributed by atoms with Gasteiger partial charge in [0.15, 0.2) is 0 Å². The Bertz CT molecular complexity index is 524. The van der Waals surface area contributed by atoms with Crippen LogP contribution in [-0.2, 0) is 14.6 Å². The maximum absolute atomic E-state index is 12.3. The number of benzene rings is 1. The van der Waals surface area contributed by atoms with Crippen LogP contribution in [0.25, 0.3) is 0 Å². The molecule has 1 aromatic rings. The normalized spacial score (nSPS) is 14.1. The summed E-state index contributed by atoms with van der Waals surface area (Å²) in [4.78, 5) is 0.471. The first-order valence-electron chi connectivity index (χ1n) is 6.28. The summed E-state index contributed by atoms with van der Waals surface area (Å²) in [5.41, 5.74) is -0.295. The summed E-state index contributed by atoms with van der Waals surface area (Å²) in [5, 5.41) is 0. The zero-order chi connectivity index (χ0) is 14.7. The zero-order valence-corrected chi connectivity index (χ0v) is 12.8. The number of hydrogen-bond donors (Lipinski definition) is 0. The van der Waals surface area contributed by atoms with Crippen LogP contribution >= 0.6 is 0 Å². The Labute approximate surface area is 116 Å². The Morgan fingerprint density at radius 1 is 1.26 bits per heavy atom. The first kappa shape index (κ1) is 15.9. The lowest BCUT2D eigenvalue weighted by Crippen LogP contribution is -2.26. The Kier molecular flexibility index (Phi) is 4.93. The van der Waals surface area contributed by atoms with Gasteiger partial charge in [-0.2, -0.15) is 0 Å². The van der Waals surface area contributed by atoms with E-state index in [9.17, 15) is 8.42 Å². The second-order valence-corrected chi connectivity index (χ2v) is 7.66. The minimum Gasteiger partial charge on any atom is -0.373 e. The van der Waals surface area contributed by atoms with Gasteiger partial charge in [-0.3, -0.25) is 0 Å². The van der Waals surface area contributed by atoms with E-state index in [2.05, 4.69) is 6.58 Å². The molecular weight excluding hydrogens is 260 g/mol. The molecule has 0 heterocycles. The van der Waals surface area contributed by atoms with Gasteiger partial charge in [0.25, 0.3) is 0 Å². The molecule has 0 saturated heterocycles. The monoisotopic (exact) mass is 282 g/mol. The minimum atomic E-state index is -3.46. The van der Waals surface area contributed by atoms with Crippen molar-refractivity contribution < 1.29 is 13.2 Å². The van der Waals surface area contributed by atoms with Gasteiger partial charge in [0.05, 0.1) is 16.6 Å². The Hall–Kier alpha value is -1.13. The molecule has 0 aliphatic rings. The highest BCUT2D eigenvalue weighted by Gasteiger charge is 2.23. The van der Waals surface area contributed by atoms with Gasteiger partial charge in [0.1, 0.15) is 0 Å². The van der Waals surface area contributed by atoms with E-state index in [4.69, 9.17) is 4.74 Å². The van der Waals surface area contributed by atoms with Crippen LogP contribution in [0.3, 0.4) is 0 Å². The standard InChI is InChI=1S/C15H22O3S/c1-12(18-15(3,4)5)11-13(2)19(16,17)14-9-7-6-8-10-14/h6-10,12H,2,11H2,1,3-5H3. The van der Waals surface area contributed by atoms with E-state index >= 15 is 0 Å². The second kappa shape index (κ2) is 5.88. The third-order valence-corrected chi connectivity index (χ3v) is 4.32. The van der Waals surface area contributed by atoms with Gasteiger partial charge >= 0.3 is 0 Å². The molecule has 0 bridgehead atoms. The molecule has 0 amide bonds. The first-order valence-corrected chi connectivity index (χ1v) is 7.77. The summed E-state index contributed by atoms with van der Waals surface area (Å²) in [7, 11) is -3.46. The molecule has 0 aliphatic carbocycles. The van der Waals surface area contributed by atoms with E-state index in [1.807, 2.05) is 27.7 Å². The van der Waals surface area contributed by atoms with Crippen molar-refractivity contribution >= 4 is 9.84 Å². The number of ether oxygens (including phenoxy) is 1. The Balaban J connectivity index is 2.79. The van der Waals surface area contributed by atoms with Crippen LogP contribution in [0.5, 0.6) is 0 Å². The molecule has 1 atom stereocenters. The summed E-state index contributed by atoms with van der Waals surface area (Å²) >= 11 is 0. The lowest BCUT2D eigenvalue weighted by atomic mass is 10.1. The number of sulfone groups is 1. The van der Waals surface area contributed by atoms with Crippen molar-refractivity contribution in [2.75, 3.05) is 0 Å². The third kappa shape index (κ3) is 4.80. The topological polar surface area (TPSA) is 43.4 Å². The maximum Gasteiger partial charge on any atom is 0.202 e. The van der Waals surface area contributed by atoms with Crippen molar-refractivity contribution in [2.45, 2.75) is 50.7 Å². The summed E-state index contributed by atoms with van der Waals surface area (Å²) in [6.07, 6.45) is 0.111. The van der Waals surface area contributed by atoms with Gasteiger partial charge in [-0.05, 0) is 39.8 Å². The fourth-order valence-corrected chi connectivity index (χ4v) is 3.14. The summed E-state index contributed by atoms with van der Waals surface area (Å²) in [5.74, 6) is 0. The quantitative estimate of drug-likeness (QED) is 0.829. The molecule has 3 nitrogen and oxygen atoms in total. The molecule has 0 aliphatic heterocycles. The molecule has 0 aromatic heterocycles. The fraction of sp³-hybridized carbons (Fsp3) is 0.467. The minimum absolute atomic E-state index is 0.189. The van der Waals surface area contributed by atoms with Crippen LogP contribution in [0.4, 0.5) is 0 Å². The summed E-state index contributed by atoms with van der Waals surface area (Å²) in [6.45, 7) is 11.4. The number of rotatable bonds is 5. The highest BCUT2D eigenvalue weighted by Crippen LogP contribution is 2.23. The average molecular weight is 282 g/mol. The van der Waals surface area contributed by atoms with Crippen LogP contribution in [0.1, 0.15) is 34.1 Å². The second-order valence-electron chi connectivity index (χ2n) is 5.60. The molecule has 1 aromatic carbocycles. The molecule has 1 unspecified atom stereocenters. The smallest absolute Gasteiger partial charge is 0.202 e. The lowest BCUT2D eigenvalue weighted by Gasteiger charge is -2.25. The largest absolute Gasteiger partial charge is 0.373 e.